The zero-order chi connectivity index (χ0) is 9.14. The summed E-state index contributed by atoms with van der Waals surface area (Å²) in [7, 11) is 0. The van der Waals surface area contributed by atoms with Crippen molar-refractivity contribution in [2.75, 3.05) is 0 Å². The highest BCUT2D eigenvalue weighted by Crippen LogP contribution is 2.33. The summed E-state index contributed by atoms with van der Waals surface area (Å²) in [5, 5.41) is 0. The van der Waals surface area contributed by atoms with Crippen molar-refractivity contribution in [2.24, 2.45) is 11.8 Å². The highest BCUT2D eigenvalue weighted by atomic mass is 79.9. The van der Waals surface area contributed by atoms with Crippen LogP contribution in [-0.4, -0.2) is 0 Å². The molecule has 0 aromatic carbocycles. The fourth-order valence-electron chi connectivity index (χ4n) is 2.04. The molecule has 0 aromatic rings. The van der Waals surface area contributed by atoms with Crippen molar-refractivity contribution in [3.63, 3.8) is 0 Å². The van der Waals surface area contributed by atoms with Crippen molar-refractivity contribution < 1.29 is 0 Å². The molecule has 0 aliphatic heterocycles. The molecule has 1 aliphatic carbocycles. The molecular formula is C11H17Br. The third kappa shape index (κ3) is 2.22. The van der Waals surface area contributed by atoms with Crippen LogP contribution in [0.2, 0.25) is 0 Å². The van der Waals surface area contributed by atoms with E-state index in [1.54, 1.807) is 0 Å². The molecule has 0 heterocycles. The van der Waals surface area contributed by atoms with Crippen LogP contribution in [0.5, 0.6) is 0 Å². The zero-order valence-electron chi connectivity index (χ0n) is 8.10. The number of halogens is 1. The van der Waals surface area contributed by atoms with Crippen molar-refractivity contribution in [3.05, 3.63) is 22.2 Å². The van der Waals surface area contributed by atoms with Gasteiger partial charge in [0, 0.05) is 0 Å². The molecule has 0 amide bonds. The van der Waals surface area contributed by atoms with E-state index in [1.165, 1.54) is 22.9 Å². The minimum absolute atomic E-state index is 0.774. The summed E-state index contributed by atoms with van der Waals surface area (Å²) in [6.45, 7) is 6.86. The second-order valence-corrected chi connectivity index (χ2v) is 4.74. The van der Waals surface area contributed by atoms with Gasteiger partial charge in [0.2, 0.25) is 0 Å². The Morgan fingerprint density at radius 2 is 2.17 bits per heavy atom. The Morgan fingerprint density at radius 1 is 1.50 bits per heavy atom. The van der Waals surface area contributed by atoms with Gasteiger partial charge in [0.05, 0.1) is 0 Å². The van der Waals surface area contributed by atoms with E-state index >= 15 is 0 Å². The van der Waals surface area contributed by atoms with Crippen LogP contribution in [0.4, 0.5) is 0 Å². The summed E-state index contributed by atoms with van der Waals surface area (Å²) in [5.74, 6) is 1.55. The summed E-state index contributed by atoms with van der Waals surface area (Å²) >= 11 is 3.58. The van der Waals surface area contributed by atoms with E-state index < -0.39 is 0 Å². The summed E-state index contributed by atoms with van der Waals surface area (Å²) < 4.78 is 1.34. The quantitative estimate of drug-likeness (QED) is 0.629. The number of allylic oxidation sites excluding steroid dienone is 4. The van der Waals surface area contributed by atoms with Gasteiger partial charge in [0.15, 0.2) is 0 Å². The smallest absolute Gasteiger partial charge is 0.00465 e. The molecule has 1 rings (SSSR count). The first-order chi connectivity index (χ1) is 5.65. The highest BCUT2D eigenvalue weighted by Gasteiger charge is 2.19. The van der Waals surface area contributed by atoms with E-state index in [1.807, 2.05) is 0 Å². The van der Waals surface area contributed by atoms with Crippen LogP contribution in [0.1, 0.15) is 33.6 Å². The van der Waals surface area contributed by atoms with Crippen molar-refractivity contribution in [3.8, 4) is 0 Å². The van der Waals surface area contributed by atoms with Crippen LogP contribution in [0.15, 0.2) is 22.2 Å². The molecule has 12 heavy (non-hydrogen) atoms. The Bertz CT molecular complexity index is 213. The Labute approximate surface area is 83.9 Å². The van der Waals surface area contributed by atoms with Gasteiger partial charge in [-0.25, -0.2) is 0 Å². The van der Waals surface area contributed by atoms with Gasteiger partial charge in [-0.1, -0.05) is 47.5 Å². The number of hydrogen-bond donors (Lipinski definition) is 0. The third-order valence-corrected chi connectivity index (χ3v) is 3.34. The van der Waals surface area contributed by atoms with Gasteiger partial charge in [0.25, 0.3) is 0 Å². The Balaban J connectivity index is 2.81. The molecular weight excluding hydrogens is 212 g/mol. The maximum atomic E-state index is 3.58. The molecule has 0 aromatic heterocycles. The average molecular weight is 229 g/mol. The van der Waals surface area contributed by atoms with Gasteiger partial charge in [0.1, 0.15) is 0 Å². The monoisotopic (exact) mass is 228 g/mol. The molecule has 68 valence electrons. The number of hydrogen-bond acceptors (Lipinski definition) is 0. The Kier molecular flexibility index (Phi) is 3.57. The second-order valence-electron chi connectivity index (χ2n) is 3.72. The first-order valence-corrected chi connectivity index (χ1v) is 5.47. The molecule has 2 atom stereocenters. The van der Waals surface area contributed by atoms with Gasteiger partial charge < -0.3 is 0 Å². The van der Waals surface area contributed by atoms with E-state index in [2.05, 4.69) is 48.9 Å². The van der Waals surface area contributed by atoms with Gasteiger partial charge in [-0.2, -0.15) is 0 Å². The lowest BCUT2D eigenvalue weighted by atomic mass is 9.85. The van der Waals surface area contributed by atoms with Crippen molar-refractivity contribution in [1.29, 1.82) is 0 Å². The summed E-state index contributed by atoms with van der Waals surface area (Å²) in [6.07, 6.45) is 6.90. The Morgan fingerprint density at radius 3 is 2.75 bits per heavy atom. The first-order valence-electron chi connectivity index (χ1n) is 4.68. The van der Waals surface area contributed by atoms with E-state index in [0.29, 0.717) is 0 Å². The molecule has 0 saturated carbocycles. The van der Waals surface area contributed by atoms with Crippen LogP contribution < -0.4 is 0 Å². The topological polar surface area (TPSA) is 0 Å². The fourth-order valence-corrected chi connectivity index (χ4v) is 2.68. The minimum atomic E-state index is 0.774. The van der Waals surface area contributed by atoms with Crippen molar-refractivity contribution in [1.82, 2.24) is 0 Å². The second kappa shape index (κ2) is 4.27. The van der Waals surface area contributed by atoms with Crippen LogP contribution in [-0.2, 0) is 0 Å². The summed E-state index contributed by atoms with van der Waals surface area (Å²) in [4.78, 5) is 0. The fraction of sp³-hybridized carbons (Fsp3) is 0.636. The Hall–Kier alpha value is -0.0400. The molecule has 0 bridgehead atoms. The largest absolute Gasteiger partial charge is 0.0699 e. The summed E-state index contributed by atoms with van der Waals surface area (Å²) in [5.41, 5.74) is 1.53. The van der Waals surface area contributed by atoms with Crippen LogP contribution >= 0.6 is 15.9 Å². The predicted octanol–water partition coefficient (Wildman–Crippen LogP) is 4.28. The molecule has 0 N–H and O–H groups in total. The normalized spacial score (nSPS) is 30.7. The lowest BCUT2D eigenvalue weighted by Gasteiger charge is -2.21. The zero-order valence-corrected chi connectivity index (χ0v) is 9.69. The maximum Gasteiger partial charge on any atom is -0.00465 e. The van der Waals surface area contributed by atoms with Crippen LogP contribution in [0.3, 0.4) is 0 Å². The minimum Gasteiger partial charge on any atom is -0.0699 e. The van der Waals surface area contributed by atoms with E-state index in [9.17, 15) is 0 Å². The average Bonchev–Trinajstić information content (AvgIpc) is 2.12. The number of rotatable bonds is 1. The summed E-state index contributed by atoms with van der Waals surface area (Å²) in [6, 6.07) is 0. The van der Waals surface area contributed by atoms with Gasteiger partial charge in [-0.3, -0.25) is 0 Å². The molecule has 1 heteroatoms. The van der Waals surface area contributed by atoms with E-state index in [0.717, 1.165) is 11.8 Å². The lowest BCUT2D eigenvalue weighted by molar-refractivity contribution is 0.403. The molecule has 1 aliphatic rings. The molecule has 0 radical (unpaired) electrons. The molecule has 0 unspecified atom stereocenters. The lowest BCUT2D eigenvalue weighted by Crippen LogP contribution is -2.10. The molecule has 0 spiro atoms. The van der Waals surface area contributed by atoms with Crippen molar-refractivity contribution in [2.45, 2.75) is 33.6 Å². The maximum absolute atomic E-state index is 3.58. The van der Waals surface area contributed by atoms with Gasteiger partial charge >= 0.3 is 0 Å². The van der Waals surface area contributed by atoms with E-state index in [4.69, 9.17) is 0 Å². The van der Waals surface area contributed by atoms with E-state index in [-0.39, 0.29) is 0 Å². The van der Waals surface area contributed by atoms with Crippen LogP contribution in [0, 0.1) is 11.8 Å². The molecule has 0 nitrogen and oxygen atoms in total. The SMILES string of the molecule is CC[C@H]1C(C)=CC=C(Br)C[C@H]1C. The highest BCUT2D eigenvalue weighted by molar-refractivity contribution is 9.11. The van der Waals surface area contributed by atoms with Gasteiger partial charge in [-0.15, -0.1) is 0 Å². The predicted molar refractivity (Wildman–Crippen MR) is 58.3 cm³/mol. The van der Waals surface area contributed by atoms with Gasteiger partial charge in [-0.05, 0) is 36.1 Å². The molecule has 0 saturated heterocycles. The van der Waals surface area contributed by atoms with Crippen LogP contribution in [0.25, 0.3) is 0 Å². The van der Waals surface area contributed by atoms with Crippen molar-refractivity contribution >= 4 is 15.9 Å². The first kappa shape index (κ1) is 10.0. The standard InChI is InChI=1S/C11H17Br/c1-4-11-8(2)5-6-10(12)7-9(11)3/h5-6,9,11H,4,7H2,1-3H3/t9-,11+/m1/s1. The third-order valence-electron chi connectivity index (χ3n) is 2.76. The molecule has 0 fully saturated rings.